The van der Waals surface area contributed by atoms with Gasteiger partial charge in [-0.2, -0.15) is 4.31 Å². The van der Waals surface area contributed by atoms with Crippen LogP contribution < -0.4 is 0 Å². The van der Waals surface area contributed by atoms with Crippen molar-refractivity contribution in [1.82, 2.24) is 9.29 Å². The molecule has 4 nitrogen and oxygen atoms in total. The molecular formula is C24H32N2O2S. The van der Waals surface area contributed by atoms with Crippen LogP contribution in [0.2, 0.25) is 0 Å². The van der Waals surface area contributed by atoms with Gasteiger partial charge in [-0.3, -0.25) is 4.98 Å². The Morgan fingerprint density at radius 3 is 1.86 bits per heavy atom. The van der Waals surface area contributed by atoms with E-state index in [0.717, 1.165) is 16.7 Å². The van der Waals surface area contributed by atoms with E-state index in [1.165, 1.54) is 4.31 Å². The average Bonchev–Trinajstić information content (AvgIpc) is 2.78. The van der Waals surface area contributed by atoms with E-state index in [-0.39, 0.29) is 6.54 Å². The lowest BCUT2D eigenvalue weighted by molar-refractivity contribution is 0.400. The monoisotopic (exact) mass is 412 g/mol. The van der Waals surface area contributed by atoms with Gasteiger partial charge in [0.15, 0.2) is 0 Å². The summed E-state index contributed by atoms with van der Waals surface area (Å²) in [7, 11) is -3.61. The predicted molar refractivity (Wildman–Crippen MR) is 121 cm³/mol. The van der Waals surface area contributed by atoms with E-state index in [1.54, 1.807) is 24.5 Å². The summed E-state index contributed by atoms with van der Waals surface area (Å²) >= 11 is 0. The van der Waals surface area contributed by atoms with Gasteiger partial charge in [0.2, 0.25) is 10.0 Å². The fraction of sp³-hybridized carbons (Fsp3) is 0.292. The zero-order valence-corrected chi connectivity index (χ0v) is 18.9. The summed E-state index contributed by atoms with van der Waals surface area (Å²) < 4.78 is 27.8. The Morgan fingerprint density at radius 1 is 0.759 bits per heavy atom. The molecule has 0 N–H and O–H groups in total. The van der Waals surface area contributed by atoms with Crippen LogP contribution in [0, 0.1) is 6.92 Å². The summed E-state index contributed by atoms with van der Waals surface area (Å²) in [6, 6.07) is 20.3. The molecule has 0 aliphatic rings. The molecule has 0 aliphatic heterocycles. The standard InChI is InChI=1S/C20H20N2O2S.2C2H6/c1-17-9-11-20(12-10-17)25(23,24)22(15-18-6-3-2-4-7-18)16-19-8-5-13-21-14-19;2*1-2/h2-14H,15-16H2,1H3;2*1-2H3. The Balaban J connectivity index is 0.000000989. The molecule has 1 aromatic heterocycles. The molecule has 3 rings (SSSR count). The molecule has 156 valence electrons. The third-order valence-electron chi connectivity index (χ3n) is 3.94. The second-order valence-electron chi connectivity index (χ2n) is 5.93. The maximum atomic E-state index is 13.2. The lowest BCUT2D eigenvalue weighted by atomic mass is 10.2. The molecule has 5 heteroatoms. The minimum Gasteiger partial charge on any atom is -0.264 e. The molecule has 0 radical (unpaired) electrons. The first-order chi connectivity index (χ1) is 14.1. The van der Waals surface area contributed by atoms with Crippen molar-refractivity contribution in [2.45, 2.75) is 52.6 Å². The normalized spacial score (nSPS) is 10.4. The van der Waals surface area contributed by atoms with E-state index < -0.39 is 10.0 Å². The molecule has 0 bridgehead atoms. The molecule has 0 amide bonds. The number of pyridine rings is 1. The highest BCUT2D eigenvalue weighted by Gasteiger charge is 2.25. The number of hydrogen-bond acceptors (Lipinski definition) is 3. The van der Waals surface area contributed by atoms with Gasteiger partial charge in [-0.05, 0) is 36.2 Å². The van der Waals surface area contributed by atoms with Gasteiger partial charge in [0, 0.05) is 25.5 Å². The summed E-state index contributed by atoms with van der Waals surface area (Å²) in [6.45, 7) is 10.5. The van der Waals surface area contributed by atoms with Gasteiger partial charge < -0.3 is 0 Å². The summed E-state index contributed by atoms with van der Waals surface area (Å²) in [6.07, 6.45) is 3.38. The van der Waals surface area contributed by atoms with Gasteiger partial charge in [-0.1, -0.05) is 81.8 Å². The fourth-order valence-corrected chi connectivity index (χ4v) is 3.98. The van der Waals surface area contributed by atoms with Crippen LogP contribution in [-0.4, -0.2) is 17.7 Å². The number of aryl methyl sites for hydroxylation is 1. The number of sulfonamides is 1. The van der Waals surface area contributed by atoms with Gasteiger partial charge in [0.25, 0.3) is 0 Å². The molecule has 0 atom stereocenters. The van der Waals surface area contributed by atoms with E-state index >= 15 is 0 Å². The summed E-state index contributed by atoms with van der Waals surface area (Å²) in [5.74, 6) is 0. The van der Waals surface area contributed by atoms with Crippen molar-refractivity contribution in [2.75, 3.05) is 0 Å². The minimum absolute atomic E-state index is 0.277. The smallest absolute Gasteiger partial charge is 0.243 e. The Bertz CT molecular complexity index is 869. The van der Waals surface area contributed by atoms with E-state index in [0.29, 0.717) is 11.4 Å². The Kier molecular flexibility index (Phi) is 10.9. The van der Waals surface area contributed by atoms with Gasteiger partial charge in [-0.15, -0.1) is 0 Å². The lowest BCUT2D eigenvalue weighted by Crippen LogP contribution is -2.30. The predicted octanol–water partition coefficient (Wildman–Crippen LogP) is 5.83. The zero-order valence-electron chi connectivity index (χ0n) is 18.0. The zero-order chi connectivity index (χ0) is 21.7. The molecule has 3 aromatic rings. The van der Waals surface area contributed by atoms with Gasteiger partial charge in [0.1, 0.15) is 0 Å². The fourth-order valence-electron chi connectivity index (χ4n) is 2.57. The van der Waals surface area contributed by atoms with E-state index in [9.17, 15) is 8.42 Å². The van der Waals surface area contributed by atoms with Crippen molar-refractivity contribution in [2.24, 2.45) is 0 Å². The maximum absolute atomic E-state index is 13.2. The molecular weight excluding hydrogens is 380 g/mol. The second kappa shape index (κ2) is 12.9. The molecule has 1 heterocycles. The Morgan fingerprint density at radius 2 is 1.31 bits per heavy atom. The lowest BCUT2D eigenvalue weighted by Gasteiger charge is -2.22. The largest absolute Gasteiger partial charge is 0.264 e. The van der Waals surface area contributed by atoms with E-state index in [4.69, 9.17) is 0 Å². The van der Waals surface area contributed by atoms with Crippen LogP contribution >= 0.6 is 0 Å². The van der Waals surface area contributed by atoms with Crippen LogP contribution in [-0.2, 0) is 23.1 Å². The topological polar surface area (TPSA) is 50.3 Å². The second-order valence-corrected chi connectivity index (χ2v) is 7.87. The van der Waals surface area contributed by atoms with Crippen LogP contribution in [0.15, 0.2) is 84.0 Å². The van der Waals surface area contributed by atoms with Crippen molar-refractivity contribution < 1.29 is 8.42 Å². The van der Waals surface area contributed by atoms with Gasteiger partial charge in [0.05, 0.1) is 4.90 Å². The maximum Gasteiger partial charge on any atom is 0.243 e. The average molecular weight is 413 g/mol. The summed E-state index contributed by atoms with van der Waals surface area (Å²) in [5, 5.41) is 0. The van der Waals surface area contributed by atoms with Crippen LogP contribution in [0.1, 0.15) is 44.4 Å². The molecule has 0 unspecified atom stereocenters. The summed E-state index contributed by atoms with van der Waals surface area (Å²) in [4.78, 5) is 4.39. The Hall–Kier alpha value is -2.50. The minimum atomic E-state index is -3.61. The van der Waals surface area contributed by atoms with Crippen molar-refractivity contribution in [3.05, 3.63) is 95.8 Å². The Labute approximate surface area is 176 Å². The van der Waals surface area contributed by atoms with Crippen LogP contribution in [0.5, 0.6) is 0 Å². The highest BCUT2D eigenvalue weighted by molar-refractivity contribution is 7.89. The number of aromatic nitrogens is 1. The third kappa shape index (κ3) is 7.44. The van der Waals surface area contributed by atoms with Crippen molar-refractivity contribution >= 4 is 10.0 Å². The molecule has 0 saturated heterocycles. The number of benzene rings is 2. The number of hydrogen-bond donors (Lipinski definition) is 0. The first-order valence-corrected chi connectivity index (χ1v) is 11.5. The molecule has 29 heavy (non-hydrogen) atoms. The van der Waals surface area contributed by atoms with Crippen molar-refractivity contribution in [3.63, 3.8) is 0 Å². The van der Waals surface area contributed by atoms with Crippen molar-refractivity contribution in [3.8, 4) is 0 Å². The van der Waals surface area contributed by atoms with Crippen LogP contribution in [0.25, 0.3) is 0 Å². The number of rotatable bonds is 6. The highest BCUT2D eigenvalue weighted by Crippen LogP contribution is 2.21. The van der Waals surface area contributed by atoms with E-state index in [1.807, 2.05) is 89.2 Å². The first kappa shape index (κ1) is 24.5. The summed E-state index contributed by atoms with van der Waals surface area (Å²) in [5.41, 5.74) is 2.83. The van der Waals surface area contributed by atoms with Crippen molar-refractivity contribution in [1.29, 1.82) is 0 Å². The molecule has 0 spiro atoms. The number of nitrogens with zero attached hydrogens (tertiary/aromatic N) is 2. The quantitative estimate of drug-likeness (QED) is 0.511. The third-order valence-corrected chi connectivity index (χ3v) is 5.75. The van der Waals surface area contributed by atoms with E-state index in [2.05, 4.69) is 4.98 Å². The first-order valence-electron chi connectivity index (χ1n) is 10.1. The van der Waals surface area contributed by atoms with Gasteiger partial charge in [-0.25, -0.2) is 8.42 Å². The molecule has 2 aromatic carbocycles. The molecule has 0 saturated carbocycles. The highest BCUT2D eigenvalue weighted by atomic mass is 32.2. The molecule has 0 fully saturated rings. The van der Waals surface area contributed by atoms with Crippen LogP contribution in [0.4, 0.5) is 0 Å². The van der Waals surface area contributed by atoms with Gasteiger partial charge >= 0.3 is 0 Å². The van der Waals surface area contributed by atoms with Crippen LogP contribution in [0.3, 0.4) is 0 Å². The molecule has 0 aliphatic carbocycles. The SMILES string of the molecule is CC.CC.Cc1ccc(S(=O)(=O)N(Cc2ccccc2)Cc2cccnc2)cc1.